The van der Waals surface area contributed by atoms with Gasteiger partial charge in [-0.15, -0.1) is 0 Å². The molecule has 0 fully saturated rings. The van der Waals surface area contributed by atoms with E-state index < -0.39 is 0 Å². The van der Waals surface area contributed by atoms with E-state index in [2.05, 4.69) is 62.4 Å². The Morgan fingerprint density at radius 1 is 0.833 bits per heavy atom. The van der Waals surface area contributed by atoms with Crippen molar-refractivity contribution >= 4 is 15.9 Å². The lowest BCUT2D eigenvalue weighted by atomic mass is 9.97. The Bertz CT molecular complexity index is 178. The van der Waals surface area contributed by atoms with Gasteiger partial charge in [-0.2, -0.15) is 0 Å². The first-order valence-corrected chi connectivity index (χ1v) is 8.77. The van der Waals surface area contributed by atoms with Crippen molar-refractivity contribution in [1.82, 2.24) is 4.90 Å². The SMILES string of the molecule is CC(C)CCN(CCC(C)C)CC(CBr)C(C)C. The van der Waals surface area contributed by atoms with Gasteiger partial charge in [0, 0.05) is 11.9 Å². The molecule has 0 aliphatic rings. The Morgan fingerprint density at radius 3 is 1.56 bits per heavy atom. The molecule has 0 aromatic heterocycles. The van der Waals surface area contributed by atoms with Crippen molar-refractivity contribution in [3.63, 3.8) is 0 Å². The lowest BCUT2D eigenvalue weighted by molar-refractivity contribution is 0.196. The minimum Gasteiger partial charge on any atom is -0.303 e. The highest BCUT2D eigenvalue weighted by Crippen LogP contribution is 2.17. The molecule has 0 saturated heterocycles. The molecule has 0 radical (unpaired) electrons. The first-order valence-electron chi connectivity index (χ1n) is 7.65. The molecule has 1 unspecified atom stereocenters. The predicted octanol–water partition coefficient (Wildman–Crippen LogP) is 5.05. The summed E-state index contributed by atoms with van der Waals surface area (Å²) in [5.41, 5.74) is 0. The fraction of sp³-hybridized carbons (Fsp3) is 1.00. The van der Waals surface area contributed by atoms with E-state index in [-0.39, 0.29) is 0 Å². The van der Waals surface area contributed by atoms with Gasteiger partial charge in [-0.25, -0.2) is 0 Å². The quantitative estimate of drug-likeness (QED) is 0.509. The van der Waals surface area contributed by atoms with Crippen molar-refractivity contribution in [2.45, 2.75) is 54.4 Å². The first kappa shape index (κ1) is 18.4. The molecule has 1 nitrogen and oxygen atoms in total. The number of rotatable bonds is 10. The number of alkyl halides is 1. The topological polar surface area (TPSA) is 3.24 Å². The average molecular weight is 320 g/mol. The summed E-state index contributed by atoms with van der Waals surface area (Å²) in [6.07, 6.45) is 2.65. The van der Waals surface area contributed by atoms with Gasteiger partial charge in [0.15, 0.2) is 0 Å². The van der Waals surface area contributed by atoms with Gasteiger partial charge in [-0.3, -0.25) is 0 Å². The van der Waals surface area contributed by atoms with Crippen LogP contribution in [0, 0.1) is 23.7 Å². The minimum absolute atomic E-state index is 0.768. The summed E-state index contributed by atoms with van der Waals surface area (Å²) >= 11 is 3.68. The molecule has 1 atom stereocenters. The van der Waals surface area contributed by atoms with Gasteiger partial charge >= 0.3 is 0 Å². The molecular weight excluding hydrogens is 286 g/mol. The highest BCUT2D eigenvalue weighted by atomic mass is 79.9. The molecule has 110 valence electrons. The van der Waals surface area contributed by atoms with E-state index in [0.29, 0.717) is 0 Å². The molecule has 0 amide bonds. The largest absolute Gasteiger partial charge is 0.303 e. The van der Waals surface area contributed by atoms with Crippen LogP contribution in [0.15, 0.2) is 0 Å². The van der Waals surface area contributed by atoms with Crippen LogP contribution in [-0.2, 0) is 0 Å². The number of halogens is 1. The van der Waals surface area contributed by atoms with Gasteiger partial charge in [-0.05, 0) is 49.6 Å². The molecule has 0 aliphatic carbocycles. The summed E-state index contributed by atoms with van der Waals surface area (Å²) in [5, 5.41) is 1.13. The summed E-state index contributed by atoms with van der Waals surface area (Å²) in [6.45, 7) is 17.8. The molecule has 0 spiro atoms. The van der Waals surface area contributed by atoms with E-state index in [4.69, 9.17) is 0 Å². The Labute approximate surface area is 124 Å². The Kier molecular flexibility index (Phi) is 10.5. The highest BCUT2D eigenvalue weighted by molar-refractivity contribution is 9.09. The fourth-order valence-corrected chi connectivity index (χ4v) is 2.90. The van der Waals surface area contributed by atoms with Gasteiger partial charge < -0.3 is 4.90 Å². The summed E-state index contributed by atoms with van der Waals surface area (Å²) in [4.78, 5) is 2.69. The second-order valence-corrected chi connectivity index (χ2v) is 7.47. The zero-order valence-corrected chi connectivity index (χ0v) is 15.0. The molecule has 0 aromatic carbocycles. The van der Waals surface area contributed by atoms with E-state index in [1.54, 1.807) is 0 Å². The van der Waals surface area contributed by atoms with E-state index in [1.807, 2.05) is 0 Å². The maximum absolute atomic E-state index is 3.68. The number of nitrogens with zero attached hydrogens (tertiary/aromatic N) is 1. The molecular formula is C16H34BrN. The maximum Gasteiger partial charge on any atom is 0.00743 e. The summed E-state index contributed by atoms with van der Waals surface area (Å²) < 4.78 is 0. The van der Waals surface area contributed by atoms with Gasteiger partial charge in [0.1, 0.15) is 0 Å². The van der Waals surface area contributed by atoms with Crippen LogP contribution in [0.4, 0.5) is 0 Å². The van der Waals surface area contributed by atoms with Crippen LogP contribution in [-0.4, -0.2) is 29.9 Å². The molecule has 18 heavy (non-hydrogen) atoms. The molecule has 0 bridgehead atoms. The fourth-order valence-electron chi connectivity index (χ4n) is 1.95. The Morgan fingerprint density at radius 2 is 1.28 bits per heavy atom. The summed E-state index contributed by atoms with van der Waals surface area (Å²) in [7, 11) is 0. The van der Waals surface area contributed by atoms with E-state index in [0.717, 1.165) is 29.0 Å². The van der Waals surface area contributed by atoms with Gasteiger partial charge in [-0.1, -0.05) is 57.5 Å². The second-order valence-electron chi connectivity index (χ2n) is 6.82. The molecule has 0 rings (SSSR count). The minimum atomic E-state index is 0.768. The molecule has 0 aromatic rings. The average Bonchev–Trinajstić information content (AvgIpc) is 2.27. The normalized spacial score (nSPS) is 14.2. The van der Waals surface area contributed by atoms with Gasteiger partial charge in [0.05, 0.1) is 0 Å². The first-order chi connectivity index (χ1) is 8.36. The lowest BCUT2D eigenvalue weighted by Crippen LogP contribution is -2.35. The summed E-state index contributed by atoms with van der Waals surface area (Å²) in [5.74, 6) is 3.18. The highest BCUT2D eigenvalue weighted by Gasteiger charge is 2.17. The van der Waals surface area contributed by atoms with Crippen molar-refractivity contribution in [2.75, 3.05) is 25.0 Å². The van der Waals surface area contributed by atoms with Crippen LogP contribution < -0.4 is 0 Å². The third kappa shape index (κ3) is 9.38. The molecule has 0 aliphatic heterocycles. The molecule has 2 heteroatoms. The van der Waals surface area contributed by atoms with Crippen LogP contribution in [0.25, 0.3) is 0 Å². The lowest BCUT2D eigenvalue weighted by Gasteiger charge is -2.29. The van der Waals surface area contributed by atoms with Crippen molar-refractivity contribution in [2.24, 2.45) is 23.7 Å². The van der Waals surface area contributed by atoms with Gasteiger partial charge in [0.25, 0.3) is 0 Å². The predicted molar refractivity (Wildman–Crippen MR) is 87.5 cm³/mol. The third-order valence-electron chi connectivity index (χ3n) is 3.68. The standard InChI is InChI=1S/C16H34BrN/c1-13(2)7-9-18(10-8-14(3)4)12-16(11-17)15(5)6/h13-16H,7-12H2,1-6H3. The second kappa shape index (κ2) is 10.3. The number of hydrogen-bond acceptors (Lipinski definition) is 1. The van der Waals surface area contributed by atoms with Crippen LogP contribution >= 0.6 is 15.9 Å². The van der Waals surface area contributed by atoms with Crippen LogP contribution in [0.2, 0.25) is 0 Å². The maximum atomic E-state index is 3.68. The smallest absolute Gasteiger partial charge is 0.00743 e. The zero-order valence-electron chi connectivity index (χ0n) is 13.4. The monoisotopic (exact) mass is 319 g/mol. The van der Waals surface area contributed by atoms with Gasteiger partial charge in [0.2, 0.25) is 0 Å². The van der Waals surface area contributed by atoms with E-state index in [9.17, 15) is 0 Å². The Balaban J connectivity index is 4.25. The van der Waals surface area contributed by atoms with Crippen molar-refractivity contribution < 1.29 is 0 Å². The van der Waals surface area contributed by atoms with Crippen LogP contribution in [0.5, 0.6) is 0 Å². The van der Waals surface area contributed by atoms with Crippen molar-refractivity contribution in [3.8, 4) is 0 Å². The summed E-state index contributed by atoms with van der Waals surface area (Å²) in [6, 6.07) is 0. The third-order valence-corrected chi connectivity index (χ3v) is 4.51. The molecule has 0 N–H and O–H groups in total. The molecule has 0 saturated carbocycles. The van der Waals surface area contributed by atoms with Crippen LogP contribution in [0.1, 0.15) is 54.4 Å². The van der Waals surface area contributed by atoms with Crippen LogP contribution in [0.3, 0.4) is 0 Å². The zero-order chi connectivity index (χ0) is 14.1. The van der Waals surface area contributed by atoms with Crippen molar-refractivity contribution in [3.05, 3.63) is 0 Å². The molecule has 0 heterocycles. The van der Waals surface area contributed by atoms with Crippen molar-refractivity contribution in [1.29, 1.82) is 0 Å². The van der Waals surface area contributed by atoms with E-state index >= 15 is 0 Å². The number of hydrogen-bond donors (Lipinski definition) is 0. The van der Waals surface area contributed by atoms with E-state index in [1.165, 1.54) is 32.5 Å². The Hall–Kier alpha value is 0.440.